The van der Waals surface area contributed by atoms with E-state index >= 15 is 0 Å². The number of anilines is 3. The van der Waals surface area contributed by atoms with Crippen molar-refractivity contribution in [3.63, 3.8) is 0 Å². The number of sulfonamides is 2. The fraction of sp³-hybridized carbons (Fsp3) is 0.150. The molecule has 13 heteroatoms. The minimum Gasteiger partial charge on any atom is -0.325 e. The molecule has 0 bridgehead atoms. The van der Waals surface area contributed by atoms with E-state index in [0.29, 0.717) is 21.5 Å². The van der Waals surface area contributed by atoms with Gasteiger partial charge in [0.2, 0.25) is 21.9 Å². The standard InChI is InChI=1S/C20H20BrN5O5S2/c1-14-10-11-22-20(23-14)25-33(30,31)18-8-6-16(7-9-18)24-19(27)13-26(32(2,28)29)17-5-3-4-15(21)12-17/h3-12H,13H2,1-2H3,(H,24,27)(H,22,23,25). The Balaban J connectivity index is 1.71. The summed E-state index contributed by atoms with van der Waals surface area (Å²) in [6.07, 6.45) is 2.44. The van der Waals surface area contributed by atoms with Crippen molar-refractivity contribution in [2.24, 2.45) is 0 Å². The Hall–Kier alpha value is -3.03. The number of halogens is 1. The van der Waals surface area contributed by atoms with Crippen LogP contribution >= 0.6 is 15.9 Å². The molecule has 2 aromatic carbocycles. The van der Waals surface area contributed by atoms with E-state index in [4.69, 9.17) is 0 Å². The smallest absolute Gasteiger partial charge is 0.264 e. The van der Waals surface area contributed by atoms with Gasteiger partial charge in [-0.2, -0.15) is 0 Å². The van der Waals surface area contributed by atoms with E-state index < -0.39 is 32.5 Å². The number of benzene rings is 2. The molecule has 0 atom stereocenters. The molecule has 0 unspecified atom stereocenters. The van der Waals surface area contributed by atoms with Gasteiger partial charge < -0.3 is 5.32 Å². The lowest BCUT2D eigenvalue weighted by Gasteiger charge is -2.22. The maximum atomic E-state index is 12.5. The average molecular weight is 554 g/mol. The molecule has 0 aliphatic rings. The number of amides is 1. The first-order chi connectivity index (χ1) is 15.4. The molecule has 0 aliphatic heterocycles. The third kappa shape index (κ3) is 6.73. The van der Waals surface area contributed by atoms with Gasteiger partial charge in [-0.3, -0.25) is 9.10 Å². The lowest BCUT2D eigenvalue weighted by molar-refractivity contribution is -0.114. The van der Waals surface area contributed by atoms with Gasteiger partial charge in [0.15, 0.2) is 0 Å². The summed E-state index contributed by atoms with van der Waals surface area (Å²) in [4.78, 5) is 20.3. The molecule has 1 amide bonds. The summed E-state index contributed by atoms with van der Waals surface area (Å²) < 4.78 is 53.4. The second kappa shape index (κ2) is 9.85. The maximum absolute atomic E-state index is 12.5. The monoisotopic (exact) mass is 553 g/mol. The molecule has 0 spiro atoms. The van der Waals surface area contributed by atoms with Gasteiger partial charge in [-0.05, 0) is 55.5 Å². The van der Waals surface area contributed by atoms with Crippen LogP contribution in [0.1, 0.15) is 5.69 Å². The van der Waals surface area contributed by atoms with Crippen molar-refractivity contribution in [2.75, 3.05) is 27.1 Å². The summed E-state index contributed by atoms with van der Waals surface area (Å²) in [6, 6.07) is 13.6. The third-order valence-corrected chi connectivity index (χ3v) is 7.23. The second-order valence-electron chi connectivity index (χ2n) is 6.95. The number of aryl methyl sites for hydroxylation is 1. The van der Waals surface area contributed by atoms with Crippen LogP contribution in [-0.4, -0.2) is 45.5 Å². The zero-order valence-electron chi connectivity index (χ0n) is 17.6. The Morgan fingerprint density at radius 3 is 2.36 bits per heavy atom. The van der Waals surface area contributed by atoms with Crippen LogP contribution in [0.3, 0.4) is 0 Å². The normalized spacial score (nSPS) is 11.6. The van der Waals surface area contributed by atoms with Crippen LogP contribution in [0.25, 0.3) is 0 Å². The Labute approximate surface area is 200 Å². The van der Waals surface area contributed by atoms with Gasteiger partial charge in [0.1, 0.15) is 6.54 Å². The van der Waals surface area contributed by atoms with Gasteiger partial charge in [0.25, 0.3) is 10.0 Å². The van der Waals surface area contributed by atoms with Crippen molar-refractivity contribution in [3.8, 4) is 0 Å². The molecular weight excluding hydrogens is 534 g/mol. The molecular formula is C20H20BrN5O5S2. The zero-order chi connectivity index (χ0) is 24.2. The van der Waals surface area contributed by atoms with E-state index in [0.717, 1.165) is 10.6 Å². The third-order valence-electron chi connectivity index (χ3n) is 4.25. The van der Waals surface area contributed by atoms with Crippen LogP contribution in [0.2, 0.25) is 0 Å². The largest absolute Gasteiger partial charge is 0.325 e. The molecule has 0 aliphatic carbocycles. The molecule has 0 fully saturated rings. The first-order valence-corrected chi connectivity index (χ1v) is 13.5. The Bertz CT molecular complexity index is 1380. The van der Waals surface area contributed by atoms with E-state index in [1.165, 1.54) is 30.5 Å². The highest BCUT2D eigenvalue weighted by Crippen LogP contribution is 2.22. The van der Waals surface area contributed by atoms with Gasteiger partial charge in [-0.25, -0.2) is 31.5 Å². The molecule has 174 valence electrons. The summed E-state index contributed by atoms with van der Waals surface area (Å²) in [6.45, 7) is 1.25. The summed E-state index contributed by atoms with van der Waals surface area (Å²) >= 11 is 3.28. The molecule has 3 rings (SSSR count). The van der Waals surface area contributed by atoms with Crippen LogP contribution in [0.4, 0.5) is 17.3 Å². The topological polar surface area (TPSA) is 138 Å². The highest BCUT2D eigenvalue weighted by atomic mass is 79.9. The molecule has 2 N–H and O–H groups in total. The SMILES string of the molecule is Cc1ccnc(NS(=O)(=O)c2ccc(NC(=O)CN(c3cccc(Br)c3)S(C)(=O)=O)cc2)n1. The van der Waals surface area contributed by atoms with Gasteiger partial charge in [-0.1, -0.05) is 22.0 Å². The first-order valence-electron chi connectivity index (χ1n) is 9.40. The highest BCUT2D eigenvalue weighted by Gasteiger charge is 2.21. The fourth-order valence-corrected chi connectivity index (χ4v) is 4.94. The van der Waals surface area contributed by atoms with Crippen LogP contribution < -0.4 is 14.3 Å². The highest BCUT2D eigenvalue weighted by molar-refractivity contribution is 9.10. The number of nitrogens with one attached hydrogen (secondary N) is 2. The summed E-state index contributed by atoms with van der Waals surface area (Å²) in [5.74, 6) is -0.650. The number of carbonyl (C=O) groups excluding carboxylic acids is 1. The zero-order valence-corrected chi connectivity index (χ0v) is 20.8. The van der Waals surface area contributed by atoms with E-state index in [2.05, 4.69) is 35.9 Å². The lowest BCUT2D eigenvalue weighted by atomic mass is 10.3. The van der Waals surface area contributed by atoms with E-state index in [-0.39, 0.29) is 10.8 Å². The van der Waals surface area contributed by atoms with Gasteiger partial charge in [-0.15, -0.1) is 0 Å². The molecule has 1 aromatic heterocycles. The number of nitrogens with zero attached hydrogens (tertiary/aromatic N) is 3. The number of rotatable bonds is 8. The van der Waals surface area contributed by atoms with Gasteiger partial charge >= 0.3 is 0 Å². The molecule has 3 aromatic rings. The summed E-state index contributed by atoms with van der Waals surface area (Å²) in [5, 5.41) is 2.57. The van der Waals surface area contributed by atoms with Crippen LogP contribution in [0.5, 0.6) is 0 Å². The van der Waals surface area contributed by atoms with Crippen molar-refractivity contribution in [1.82, 2.24) is 9.97 Å². The van der Waals surface area contributed by atoms with E-state index in [9.17, 15) is 21.6 Å². The van der Waals surface area contributed by atoms with Crippen molar-refractivity contribution in [3.05, 3.63) is 71.0 Å². The molecule has 0 radical (unpaired) electrons. The van der Waals surface area contributed by atoms with Crippen molar-refractivity contribution >= 4 is 59.2 Å². The Kier molecular flexibility index (Phi) is 7.34. The molecule has 0 saturated heterocycles. The number of aromatic nitrogens is 2. The van der Waals surface area contributed by atoms with Crippen LogP contribution in [-0.2, 0) is 24.8 Å². The van der Waals surface area contributed by atoms with Crippen molar-refractivity contribution in [1.29, 1.82) is 0 Å². The first kappa shape index (κ1) is 24.6. The van der Waals surface area contributed by atoms with Crippen molar-refractivity contribution < 1.29 is 21.6 Å². The van der Waals surface area contributed by atoms with E-state index in [1.54, 1.807) is 37.3 Å². The summed E-state index contributed by atoms with van der Waals surface area (Å²) in [7, 11) is -7.66. The minimum atomic E-state index is -3.93. The van der Waals surface area contributed by atoms with Crippen LogP contribution in [0, 0.1) is 6.92 Å². The number of hydrogen-bond acceptors (Lipinski definition) is 7. The number of carbonyl (C=O) groups is 1. The van der Waals surface area contributed by atoms with Crippen molar-refractivity contribution in [2.45, 2.75) is 11.8 Å². The van der Waals surface area contributed by atoms with E-state index in [1.807, 2.05) is 0 Å². The molecule has 1 heterocycles. The van der Waals surface area contributed by atoms with Crippen LogP contribution in [0.15, 0.2) is 70.2 Å². The average Bonchev–Trinajstić information content (AvgIpc) is 2.71. The quantitative estimate of drug-likeness (QED) is 0.437. The fourth-order valence-electron chi connectivity index (χ4n) is 2.76. The molecule has 10 nitrogen and oxygen atoms in total. The molecule has 33 heavy (non-hydrogen) atoms. The lowest BCUT2D eigenvalue weighted by Crippen LogP contribution is -2.37. The van der Waals surface area contributed by atoms with Gasteiger partial charge in [0.05, 0.1) is 16.8 Å². The second-order valence-corrected chi connectivity index (χ2v) is 11.5. The minimum absolute atomic E-state index is 0.0548. The predicted octanol–water partition coefficient (Wildman–Crippen LogP) is 2.75. The predicted molar refractivity (Wildman–Crippen MR) is 129 cm³/mol. The Morgan fingerprint density at radius 1 is 1.06 bits per heavy atom. The summed E-state index contributed by atoms with van der Waals surface area (Å²) in [5.41, 5.74) is 1.23. The number of hydrogen-bond donors (Lipinski definition) is 2. The molecule has 0 saturated carbocycles. The maximum Gasteiger partial charge on any atom is 0.264 e. The van der Waals surface area contributed by atoms with Gasteiger partial charge in [0, 0.05) is 22.1 Å². The Morgan fingerprint density at radius 2 is 1.76 bits per heavy atom.